The topological polar surface area (TPSA) is 169 Å². The van der Waals surface area contributed by atoms with E-state index in [9.17, 15) is 30.0 Å². The fraction of sp³-hybridized carbons (Fsp3) is 0.727. The molecule has 0 rings (SSSR count). The molecule has 0 fully saturated rings. The predicted molar refractivity (Wildman–Crippen MR) is 127 cm³/mol. The zero-order valence-electron chi connectivity index (χ0n) is 20.2. The number of carboxylic acid groups (broad SMARTS) is 2. The van der Waals surface area contributed by atoms with Crippen LogP contribution in [-0.4, -0.2) is 123 Å². The summed E-state index contributed by atoms with van der Waals surface area (Å²) in [7, 11) is 0. The second-order valence-electron chi connectivity index (χ2n) is 7.44. The number of allylic oxidation sites excluding steroid dienone is 2. The van der Waals surface area contributed by atoms with E-state index in [1.807, 2.05) is 0 Å². The summed E-state index contributed by atoms with van der Waals surface area (Å²) in [5, 5.41) is 51.2. The SMILES string of the molecule is C=CCCC(O)CNCCNC(C)C(=O)[O-].C=CCCC(O)CNCCNC(C)C(=O)[O-].[Ca+2]. The minimum Gasteiger partial charge on any atom is -0.548 e. The molecule has 0 aromatic heterocycles. The zero-order valence-corrected chi connectivity index (χ0v) is 22.4. The summed E-state index contributed by atoms with van der Waals surface area (Å²) in [5.74, 6) is -2.21. The van der Waals surface area contributed by atoms with Crippen LogP contribution in [0.1, 0.15) is 39.5 Å². The van der Waals surface area contributed by atoms with E-state index in [1.54, 1.807) is 12.2 Å². The minimum absolute atomic E-state index is 0. The molecule has 4 atom stereocenters. The van der Waals surface area contributed by atoms with Crippen molar-refractivity contribution < 1.29 is 30.0 Å². The Morgan fingerprint density at radius 1 is 0.788 bits per heavy atom. The smallest absolute Gasteiger partial charge is 0.548 e. The third kappa shape index (κ3) is 27.6. The fourth-order valence-electron chi connectivity index (χ4n) is 2.28. The molecule has 0 aliphatic heterocycles. The fourth-order valence-corrected chi connectivity index (χ4v) is 2.28. The van der Waals surface area contributed by atoms with Gasteiger partial charge < -0.3 is 51.3 Å². The molecule has 0 aliphatic carbocycles. The van der Waals surface area contributed by atoms with Crippen molar-refractivity contribution in [3.63, 3.8) is 0 Å². The first kappa shape index (κ1) is 37.0. The summed E-state index contributed by atoms with van der Waals surface area (Å²) < 4.78 is 0. The van der Waals surface area contributed by atoms with Gasteiger partial charge in [-0.1, -0.05) is 12.2 Å². The van der Waals surface area contributed by atoms with Gasteiger partial charge in [-0.25, -0.2) is 0 Å². The minimum atomic E-state index is -1.11. The number of carbonyl (C=O) groups excluding carboxylic acids is 2. The van der Waals surface area contributed by atoms with E-state index in [4.69, 9.17) is 0 Å². The van der Waals surface area contributed by atoms with Crippen molar-refractivity contribution in [2.45, 2.75) is 63.8 Å². The van der Waals surface area contributed by atoms with Gasteiger partial charge in [0.2, 0.25) is 0 Å². The summed E-state index contributed by atoms with van der Waals surface area (Å²) in [5.41, 5.74) is 0. The van der Waals surface area contributed by atoms with Gasteiger partial charge in [0, 0.05) is 51.4 Å². The average Bonchev–Trinajstić information content (AvgIpc) is 2.75. The van der Waals surface area contributed by atoms with Crippen molar-refractivity contribution in [2.75, 3.05) is 39.3 Å². The Morgan fingerprint density at radius 3 is 1.39 bits per heavy atom. The Bertz CT molecular complexity index is 469. The van der Waals surface area contributed by atoms with Crippen molar-refractivity contribution in [2.24, 2.45) is 0 Å². The molecule has 0 aromatic carbocycles. The Balaban J connectivity index is -0.000000529. The molecule has 0 heterocycles. The molecule has 33 heavy (non-hydrogen) atoms. The van der Waals surface area contributed by atoms with Crippen molar-refractivity contribution >= 4 is 49.7 Å². The van der Waals surface area contributed by atoms with Crippen LogP contribution in [-0.2, 0) is 9.59 Å². The number of aliphatic hydroxyl groups is 2. The molecule has 10 nitrogen and oxygen atoms in total. The van der Waals surface area contributed by atoms with Crippen LogP contribution in [0.15, 0.2) is 25.3 Å². The van der Waals surface area contributed by atoms with E-state index in [-0.39, 0.29) is 49.9 Å². The van der Waals surface area contributed by atoms with Gasteiger partial charge in [0.15, 0.2) is 0 Å². The van der Waals surface area contributed by atoms with Crippen molar-refractivity contribution in [3.8, 4) is 0 Å². The van der Waals surface area contributed by atoms with Crippen LogP contribution >= 0.6 is 0 Å². The van der Waals surface area contributed by atoms with E-state index in [1.165, 1.54) is 13.8 Å². The third-order valence-corrected chi connectivity index (χ3v) is 4.38. The van der Waals surface area contributed by atoms with Gasteiger partial charge in [-0.05, 0) is 39.5 Å². The first-order chi connectivity index (χ1) is 15.1. The first-order valence-electron chi connectivity index (χ1n) is 11.0. The van der Waals surface area contributed by atoms with Crippen LogP contribution in [0.3, 0.4) is 0 Å². The predicted octanol–water partition coefficient (Wildman–Crippen LogP) is -3.12. The summed E-state index contributed by atoms with van der Waals surface area (Å²) >= 11 is 0. The number of hydrogen-bond donors (Lipinski definition) is 6. The Kier molecular flexibility index (Phi) is 29.2. The maximum absolute atomic E-state index is 10.3. The molecule has 0 radical (unpaired) electrons. The molecule has 188 valence electrons. The molecule has 0 aromatic rings. The number of nitrogens with one attached hydrogen (secondary N) is 4. The molecule has 11 heteroatoms. The largest absolute Gasteiger partial charge is 2.00 e. The molecule has 0 saturated heterocycles. The average molecular weight is 499 g/mol. The summed E-state index contributed by atoms with van der Waals surface area (Å²) in [6, 6.07) is -1.29. The van der Waals surface area contributed by atoms with Crippen LogP contribution < -0.4 is 31.5 Å². The van der Waals surface area contributed by atoms with Gasteiger partial charge >= 0.3 is 37.7 Å². The number of rotatable bonds is 20. The molecule has 0 saturated carbocycles. The van der Waals surface area contributed by atoms with E-state index in [0.29, 0.717) is 52.1 Å². The molecular formula is C22H42CaN4O6. The molecule has 6 N–H and O–H groups in total. The number of aliphatic hydroxyl groups excluding tert-OH is 2. The van der Waals surface area contributed by atoms with Crippen LogP contribution in [0.25, 0.3) is 0 Å². The second kappa shape index (κ2) is 26.1. The Labute approximate surface area is 228 Å². The zero-order chi connectivity index (χ0) is 24.8. The van der Waals surface area contributed by atoms with Crippen LogP contribution in [0.2, 0.25) is 0 Å². The molecule has 4 unspecified atom stereocenters. The summed E-state index contributed by atoms with van der Waals surface area (Å²) in [6.45, 7) is 13.5. The van der Waals surface area contributed by atoms with Gasteiger partial charge in [0.1, 0.15) is 0 Å². The number of carboxylic acids is 2. The molecule has 0 spiro atoms. The first-order valence-corrected chi connectivity index (χ1v) is 11.0. The quantitative estimate of drug-likeness (QED) is 0.0574. The monoisotopic (exact) mass is 498 g/mol. The standard InChI is InChI=1S/2C11H22N2O3.Ca/c2*1-3-4-5-10(14)8-12-6-7-13-9(2)11(15)16;/h2*3,9-10,12-14H,1,4-8H2,2H3,(H,15,16);/q;;+2/p-2. The van der Waals surface area contributed by atoms with Crippen molar-refractivity contribution in [1.82, 2.24) is 21.3 Å². The van der Waals surface area contributed by atoms with Gasteiger partial charge in [-0.3, -0.25) is 0 Å². The summed E-state index contributed by atoms with van der Waals surface area (Å²) in [4.78, 5) is 20.7. The van der Waals surface area contributed by atoms with Crippen molar-refractivity contribution in [3.05, 3.63) is 25.3 Å². The number of aliphatic carboxylic acids is 2. The van der Waals surface area contributed by atoms with Gasteiger partial charge in [-0.15, -0.1) is 13.2 Å². The Hall–Kier alpha value is -0.560. The molecule has 0 bridgehead atoms. The van der Waals surface area contributed by atoms with E-state index in [2.05, 4.69) is 34.4 Å². The summed E-state index contributed by atoms with van der Waals surface area (Å²) in [6.07, 6.45) is 5.76. The molecule has 0 aliphatic rings. The van der Waals surface area contributed by atoms with Crippen LogP contribution in [0.4, 0.5) is 0 Å². The second-order valence-corrected chi connectivity index (χ2v) is 7.44. The maximum Gasteiger partial charge on any atom is 2.00 e. The van der Waals surface area contributed by atoms with Crippen LogP contribution in [0, 0.1) is 0 Å². The van der Waals surface area contributed by atoms with E-state index in [0.717, 1.165) is 12.8 Å². The maximum atomic E-state index is 10.3. The van der Waals surface area contributed by atoms with E-state index < -0.39 is 24.0 Å². The van der Waals surface area contributed by atoms with Gasteiger partial charge in [-0.2, -0.15) is 0 Å². The normalized spacial score (nSPS) is 13.9. The van der Waals surface area contributed by atoms with Crippen molar-refractivity contribution in [1.29, 1.82) is 0 Å². The van der Waals surface area contributed by atoms with Gasteiger partial charge in [0.05, 0.1) is 24.1 Å². The van der Waals surface area contributed by atoms with E-state index >= 15 is 0 Å². The third-order valence-electron chi connectivity index (χ3n) is 4.38. The molecular weight excluding hydrogens is 456 g/mol. The van der Waals surface area contributed by atoms with Crippen LogP contribution in [0.5, 0.6) is 0 Å². The van der Waals surface area contributed by atoms with Gasteiger partial charge in [0.25, 0.3) is 0 Å². The molecule has 0 amide bonds. The number of hydrogen-bond acceptors (Lipinski definition) is 10. The Morgan fingerprint density at radius 2 is 1.12 bits per heavy atom. The number of carbonyl (C=O) groups is 2.